The summed E-state index contributed by atoms with van der Waals surface area (Å²) in [5.41, 5.74) is 3.79. The summed E-state index contributed by atoms with van der Waals surface area (Å²) in [7, 11) is 0. The number of aromatic hydroxyl groups is 1. The molecule has 3 heterocycles. The van der Waals surface area contributed by atoms with Crippen LogP contribution < -0.4 is 0 Å². The number of rotatable bonds is 6. The second-order valence-electron chi connectivity index (χ2n) is 8.48. The van der Waals surface area contributed by atoms with Crippen molar-refractivity contribution in [3.8, 4) is 5.88 Å². The first-order valence-corrected chi connectivity index (χ1v) is 12.1. The zero-order chi connectivity index (χ0) is 22.1. The van der Waals surface area contributed by atoms with Crippen LogP contribution in [-0.4, -0.2) is 55.7 Å². The summed E-state index contributed by atoms with van der Waals surface area (Å²) in [5.74, 6) is 0.981. The molecular weight excluding hydrogens is 418 g/mol. The molecule has 0 amide bonds. The third kappa shape index (κ3) is 4.16. The lowest BCUT2D eigenvalue weighted by Crippen LogP contribution is -2.47. The zero-order valence-corrected chi connectivity index (χ0v) is 19.4. The van der Waals surface area contributed by atoms with Crippen LogP contribution in [0.1, 0.15) is 40.4 Å². The van der Waals surface area contributed by atoms with Crippen LogP contribution in [0.3, 0.4) is 0 Å². The van der Waals surface area contributed by atoms with Crippen molar-refractivity contribution in [2.24, 2.45) is 0 Å². The Bertz CT molecular complexity index is 1180. The summed E-state index contributed by atoms with van der Waals surface area (Å²) in [6.45, 7) is 9.00. The smallest absolute Gasteiger partial charge is 0.230 e. The van der Waals surface area contributed by atoms with Gasteiger partial charge in [-0.2, -0.15) is 4.52 Å². The van der Waals surface area contributed by atoms with E-state index in [0.717, 1.165) is 54.8 Å². The molecule has 7 heteroatoms. The Morgan fingerprint density at radius 1 is 1.00 bits per heavy atom. The molecule has 32 heavy (non-hydrogen) atoms. The molecule has 1 N–H and O–H groups in total. The first-order chi connectivity index (χ1) is 15.6. The maximum atomic E-state index is 11.1. The van der Waals surface area contributed by atoms with Crippen LogP contribution in [0, 0.1) is 6.92 Å². The topological polar surface area (TPSA) is 56.9 Å². The van der Waals surface area contributed by atoms with Gasteiger partial charge in [-0.3, -0.25) is 9.80 Å². The summed E-state index contributed by atoms with van der Waals surface area (Å²) < 4.78 is 1.60. The van der Waals surface area contributed by atoms with Gasteiger partial charge in [0.25, 0.3) is 0 Å². The fraction of sp³-hybridized carbons (Fsp3) is 0.360. The Balaban J connectivity index is 1.42. The van der Waals surface area contributed by atoms with E-state index in [1.54, 1.807) is 15.9 Å². The SMILES string of the molecule is CCc1nc2sc(C(c3ccc(C)cc3)N3CCN(Cc4ccccc4)CC3)c(O)n2n1. The van der Waals surface area contributed by atoms with Gasteiger partial charge in [-0.15, -0.1) is 5.10 Å². The highest BCUT2D eigenvalue weighted by molar-refractivity contribution is 7.17. The van der Waals surface area contributed by atoms with Crippen LogP contribution in [0.2, 0.25) is 0 Å². The number of aryl methyl sites for hydroxylation is 2. The predicted molar refractivity (Wildman–Crippen MR) is 128 cm³/mol. The lowest BCUT2D eigenvalue weighted by Gasteiger charge is -2.39. The summed E-state index contributed by atoms with van der Waals surface area (Å²) >= 11 is 1.55. The first-order valence-electron chi connectivity index (χ1n) is 11.3. The number of hydrogen-bond donors (Lipinski definition) is 1. The molecule has 1 aliphatic rings. The van der Waals surface area contributed by atoms with E-state index in [0.29, 0.717) is 0 Å². The Morgan fingerprint density at radius 2 is 1.72 bits per heavy atom. The van der Waals surface area contributed by atoms with Crippen molar-refractivity contribution in [1.82, 2.24) is 24.4 Å². The number of aromatic nitrogens is 3. The van der Waals surface area contributed by atoms with Crippen molar-refractivity contribution >= 4 is 16.3 Å². The first kappa shape index (κ1) is 21.1. The Kier molecular flexibility index (Phi) is 5.95. The molecule has 5 rings (SSSR count). The van der Waals surface area contributed by atoms with E-state index in [-0.39, 0.29) is 11.9 Å². The van der Waals surface area contributed by atoms with Crippen LogP contribution in [0.25, 0.3) is 4.96 Å². The van der Waals surface area contributed by atoms with Crippen molar-refractivity contribution in [3.63, 3.8) is 0 Å². The van der Waals surface area contributed by atoms with E-state index in [1.807, 2.05) is 6.92 Å². The molecule has 2 aromatic carbocycles. The quantitative estimate of drug-likeness (QED) is 0.478. The number of piperazine rings is 1. The van der Waals surface area contributed by atoms with E-state index in [9.17, 15) is 5.11 Å². The number of nitrogens with zero attached hydrogens (tertiary/aromatic N) is 5. The highest BCUT2D eigenvalue weighted by atomic mass is 32.1. The van der Waals surface area contributed by atoms with Crippen molar-refractivity contribution in [3.05, 3.63) is 82.0 Å². The molecule has 0 radical (unpaired) electrons. The molecule has 4 aromatic rings. The van der Waals surface area contributed by atoms with Gasteiger partial charge in [-0.1, -0.05) is 78.4 Å². The largest absolute Gasteiger partial charge is 0.492 e. The Morgan fingerprint density at radius 3 is 2.38 bits per heavy atom. The van der Waals surface area contributed by atoms with E-state index in [2.05, 4.69) is 81.4 Å². The van der Waals surface area contributed by atoms with Crippen LogP contribution in [-0.2, 0) is 13.0 Å². The highest BCUT2D eigenvalue weighted by Crippen LogP contribution is 2.40. The molecular formula is C25H29N5OS. The van der Waals surface area contributed by atoms with Crippen molar-refractivity contribution < 1.29 is 5.11 Å². The van der Waals surface area contributed by atoms with Crippen LogP contribution in [0.5, 0.6) is 5.88 Å². The average molecular weight is 448 g/mol. The molecule has 1 unspecified atom stereocenters. The van der Waals surface area contributed by atoms with E-state index in [1.165, 1.54) is 16.7 Å². The minimum absolute atomic E-state index is 0.00643. The summed E-state index contributed by atoms with van der Waals surface area (Å²) in [5, 5.41) is 15.6. The summed E-state index contributed by atoms with van der Waals surface area (Å²) in [4.78, 5) is 11.3. The molecule has 0 spiro atoms. The standard InChI is InChI=1S/C25H29N5OS/c1-3-21-26-25-30(27-21)24(31)23(32-25)22(20-11-9-18(2)10-12-20)29-15-13-28(14-16-29)17-19-7-5-4-6-8-19/h4-12,22,31H,3,13-17H2,1-2H3. The minimum Gasteiger partial charge on any atom is -0.492 e. The second kappa shape index (κ2) is 9.02. The maximum Gasteiger partial charge on any atom is 0.230 e. The molecule has 1 aliphatic heterocycles. The van der Waals surface area contributed by atoms with Gasteiger partial charge in [0, 0.05) is 39.1 Å². The molecule has 2 aromatic heterocycles. The lowest BCUT2D eigenvalue weighted by molar-refractivity contribution is 0.105. The summed E-state index contributed by atoms with van der Waals surface area (Å²) in [6.07, 6.45) is 0.758. The van der Waals surface area contributed by atoms with Gasteiger partial charge in [0.15, 0.2) is 5.82 Å². The number of hydrogen-bond acceptors (Lipinski definition) is 6. The molecule has 0 saturated carbocycles. The molecule has 0 bridgehead atoms. The van der Waals surface area contributed by atoms with Gasteiger partial charge in [0.1, 0.15) is 0 Å². The third-order valence-electron chi connectivity index (χ3n) is 6.22. The number of thiazole rings is 1. The second-order valence-corrected chi connectivity index (χ2v) is 9.49. The monoisotopic (exact) mass is 447 g/mol. The van der Waals surface area contributed by atoms with Crippen LogP contribution in [0.15, 0.2) is 54.6 Å². The molecule has 6 nitrogen and oxygen atoms in total. The normalized spacial score (nSPS) is 16.6. The van der Waals surface area contributed by atoms with Gasteiger partial charge < -0.3 is 5.11 Å². The molecule has 0 aliphatic carbocycles. The average Bonchev–Trinajstić information content (AvgIpc) is 3.36. The van der Waals surface area contributed by atoms with Crippen molar-refractivity contribution in [2.75, 3.05) is 26.2 Å². The van der Waals surface area contributed by atoms with E-state index < -0.39 is 0 Å². The van der Waals surface area contributed by atoms with Crippen molar-refractivity contribution in [1.29, 1.82) is 0 Å². The van der Waals surface area contributed by atoms with Gasteiger partial charge in [-0.25, -0.2) is 4.98 Å². The number of benzene rings is 2. The fourth-order valence-corrected chi connectivity index (χ4v) is 5.55. The van der Waals surface area contributed by atoms with Crippen LogP contribution >= 0.6 is 11.3 Å². The van der Waals surface area contributed by atoms with Crippen molar-refractivity contribution in [2.45, 2.75) is 32.9 Å². The molecule has 166 valence electrons. The Labute approximate surface area is 192 Å². The van der Waals surface area contributed by atoms with Gasteiger partial charge in [0.05, 0.1) is 10.9 Å². The Hall–Kier alpha value is -2.74. The van der Waals surface area contributed by atoms with E-state index >= 15 is 0 Å². The molecule has 1 atom stereocenters. The summed E-state index contributed by atoms with van der Waals surface area (Å²) in [6, 6.07) is 19.3. The number of fused-ring (bicyclic) bond motifs is 1. The molecule has 1 fully saturated rings. The maximum absolute atomic E-state index is 11.1. The van der Waals surface area contributed by atoms with Crippen LogP contribution in [0.4, 0.5) is 0 Å². The fourth-order valence-electron chi connectivity index (χ4n) is 4.42. The van der Waals surface area contributed by atoms with Gasteiger partial charge in [0.2, 0.25) is 10.8 Å². The lowest BCUT2D eigenvalue weighted by atomic mass is 10.0. The highest BCUT2D eigenvalue weighted by Gasteiger charge is 2.31. The minimum atomic E-state index is -0.00643. The third-order valence-corrected chi connectivity index (χ3v) is 7.29. The van der Waals surface area contributed by atoms with E-state index in [4.69, 9.17) is 0 Å². The van der Waals surface area contributed by atoms with Gasteiger partial charge >= 0.3 is 0 Å². The zero-order valence-electron chi connectivity index (χ0n) is 18.6. The predicted octanol–water partition coefficient (Wildman–Crippen LogP) is 4.27. The van der Waals surface area contributed by atoms with Gasteiger partial charge in [-0.05, 0) is 18.1 Å². The molecule has 1 saturated heterocycles.